The molecule has 0 radical (unpaired) electrons. The normalized spacial score (nSPS) is 13.5. The molecular weight excluding hydrogens is 815 g/mol. The Balaban J connectivity index is 4.59. The van der Waals surface area contributed by atoms with Crippen LogP contribution in [0.5, 0.6) is 0 Å². The van der Waals surface area contributed by atoms with Crippen molar-refractivity contribution >= 4 is 11.9 Å². The third kappa shape index (κ3) is 48.3. The largest absolute Gasteiger partial charge is 0.462 e. The van der Waals surface area contributed by atoms with Crippen LogP contribution in [0.15, 0.2) is 48.6 Å². The van der Waals surface area contributed by atoms with Crippen LogP contribution >= 0.6 is 0 Å². The quantitative estimate of drug-likeness (QED) is 0.0244. The first-order valence-electron chi connectivity index (χ1n) is 28.9. The highest BCUT2D eigenvalue weighted by Gasteiger charge is 2.24. The number of aliphatic hydroxyl groups excluding tert-OH is 2. The number of carbonyl (C=O) groups excluding carboxylic acids is 2. The van der Waals surface area contributed by atoms with Gasteiger partial charge in [0.2, 0.25) is 5.91 Å². The molecule has 0 heterocycles. The Hall–Kier alpha value is -2.18. The van der Waals surface area contributed by atoms with Crippen molar-refractivity contribution in [3.8, 4) is 0 Å². The number of amides is 1. The van der Waals surface area contributed by atoms with Crippen molar-refractivity contribution in [1.82, 2.24) is 5.32 Å². The molecule has 3 unspecified atom stereocenters. The Bertz CT molecular complexity index is 1130. The van der Waals surface area contributed by atoms with Gasteiger partial charge in [0, 0.05) is 6.42 Å². The van der Waals surface area contributed by atoms with E-state index in [1.807, 2.05) is 0 Å². The maximum absolute atomic E-state index is 13.3. The molecule has 0 aromatic rings. The number of carbonyl (C=O) groups is 2. The Kier molecular flexibility index (Phi) is 52.0. The van der Waals surface area contributed by atoms with Gasteiger partial charge in [-0.3, -0.25) is 9.59 Å². The number of aliphatic hydroxyl groups is 2. The van der Waals surface area contributed by atoms with E-state index in [9.17, 15) is 19.8 Å². The van der Waals surface area contributed by atoms with Crippen LogP contribution in [-0.2, 0) is 14.3 Å². The summed E-state index contributed by atoms with van der Waals surface area (Å²) in [4.78, 5) is 26.3. The number of allylic oxidation sites excluding steroid dienone is 8. The van der Waals surface area contributed by atoms with Gasteiger partial charge in [-0.15, -0.1) is 0 Å². The summed E-state index contributed by atoms with van der Waals surface area (Å²) in [6.45, 7) is 6.47. The predicted molar refractivity (Wildman–Crippen MR) is 287 cm³/mol. The minimum absolute atomic E-state index is 0.0630. The lowest BCUT2D eigenvalue weighted by atomic mass is 10.0. The van der Waals surface area contributed by atoms with Gasteiger partial charge in [-0.2, -0.15) is 0 Å². The van der Waals surface area contributed by atoms with Gasteiger partial charge in [0.25, 0.3) is 0 Å². The molecule has 0 aliphatic heterocycles. The summed E-state index contributed by atoms with van der Waals surface area (Å²) in [6, 6.07) is -0.710. The molecule has 0 aromatic carbocycles. The lowest BCUT2D eigenvalue weighted by molar-refractivity contribution is -0.151. The molecule has 386 valence electrons. The SMILES string of the molecule is CCCCC/C=C\C/C=C\CCCCCCCC(CC(=O)NC(CO)C(O)CCCCCCCCCCCCCCCC)OC(=O)CCCCCCC/C=C/C=C/CCCCCCCCC. The van der Waals surface area contributed by atoms with Crippen molar-refractivity contribution in [2.45, 2.75) is 315 Å². The molecule has 0 bridgehead atoms. The van der Waals surface area contributed by atoms with Gasteiger partial charge in [0.15, 0.2) is 0 Å². The molecule has 0 spiro atoms. The smallest absolute Gasteiger partial charge is 0.306 e. The molecular formula is C60H111NO5. The topological polar surface area (TPSA) is 95.9 Å². The lowest BCUT2D eigenvalue weighted by Gasteiger charge is -2.24. The highest BCUT2D eigenvalue weighted by atomic mass is 16.5. The summed E-state index contributed by atoms with van der Waals surface area (Å²) >= 11 is 0. The van der Waals surface area contributed by atoms with Crippen molar-refractivity contribution in [2.75, 3.05) is 6.61 Å². The van der Waals surface area contributed by atoms with Crippen molar-refractivity contribution in [1.29, 1.82) is 0 Å². The van der Waals surface area contributed by atoms with Crippen molar-refractivity contribution in [2.24, 2.45) is 0 Å². The zero-order valence-electron chi connectivity index (χ0n) is 44.1. The number of nitrogens with one attached hydrogen (secondary N) is 1. The molecule has 0 aromatic heterocycles. The van der Waals surface area contributed by atoms with Crippen LogP contribution in [0.1, 0.15) is 297 Å². The predicted octanol–water partition coefficient (Wildman–Crippen LogP) is 17.8. The first-order valence-corrected chi connectivity index (χ1v) is 28.9. The van der Waals surface area contributed by atoms with E-state index >= 15 is 0 Å². The van der Waals surface area contributed by atoms with Crippen LogP contribution in [0, 0.1) is 0 Å². The molecule has 6 heteroatoms. The Morgan fingerprint density at radius 1 is 0.455 bits per heavy atom. The van der Waals surface area contributed by atoms with Crippen LogP contribution in [0.25, 0.3) is 0 Å². The fourth-order valence-corrected chi connectivity index (χ4v) is 8.75. The van der Waals surface area contributed by atoms with Crippen molar-refractivity contribution < 1.29 is 24.5 Å². The molecule has 0 fully saturated rings. The molecule has 1 amide bonds. The molecule has 3 atom stereocenters. The minimum Gasteiger partial charge on any atom is -0.462 e. The van der Waals surface area contributed by atoms with Crippen LogP contribution < -0.4 is 5.32 Å². The molecule has 0 saturated carbocycles. The van der Waals surface area contributed by atoms with E-state index in [0.29, 0.717) is 19.3 Å². The second-order valence-electron chi connectivity index (χ2n) is 19.7. The van der Waals surface area contributed by atoms with Gasteiger partial charge >= 0.3 is 5.97 Å². The minimum atomic E-state index is -0.795. The monoisotopic (exact) mass is 926 g/mol. The third-order valence-corrected chi connectivity index (χ3v) is 13.2. The van der Waals surface area contributed by atoms with E-state index in [2.05, 4.69) is 74.7 Å². The third-order valence-electron chi connectivity index (χ3n) is 13.2. The van der Waals surface area contributed by atoms with E-state index in [1.165, 1.54) is 167 Å². The number of esters is 1. The Morgan fingerprint density at radius 2 is 0.818 bits per heavy atom. The average molecular weight is 927 g/mol. The van der Waals surface area contributed by atoms with Gasteiger partial charge in [-0.05, 0) is 83.5 Å². The van der Waals surface area contributed by atoms with Crippen LogP contribution in [-0.4, -0.2) is 46.9 Å². The molecule has 3 N–H and O–H groups in total. The molecule has 6 nitrogen and oxygen atoms in total. The number of rotatable bonds is 52. The van der Waals surface area contributed by atoms with Gasteiger partial charge in [0.1, 0.15) is 6.10 Å². The lowest BCUT2D eigenvalue weighted by Crippen LogP contribution is -2.46. The summed E-state index contributed by atoms with van der Waals surface area (Å²) in [5, 5.41) is 23.9. The Morgan fingerprint density at radius 3 is 1.27 bits per heavy atom. The number of unbranched alkanes of at least 4 members (excludes halogenated alkanes) is 33. The van der Waals surface area contributed by atoms with Crippen LogP contribution in [0.3, 0.4) is 0 Å². The molecule has 66 heavy (non-hydrogen) atoms. The van der Waals surface area contributed by atoms with Gasteiger partial charge < -0.3 is 20.3 Å². The fourth-order valence-electron chi connectivity index (χ4n) is 8.75. The van der Waals surface area contributed by atoms with Crippen LogP contribution in [0.2, 0.25) is 0 Å². The Labute approximate surface area is 410 Å². The van der Waals surface area contributed by atoms with E-state index in [4.69, 9.17) is 4.74 Å². The molecule has 0 aliphatic carbocycles. The standard InChI is InChI=1S/C60H111NO5/c1-4-7-10-13-16-19-22-25-28-29-30-32-35-38-41-44-47-50-53-60(65)66-56(51-48-45-42-39-36-33-31-26-23-20-17-14-11-8-5-2)54-59(64)61-57(55-62)58(63)52-49-46-43-40-37-34-27-24-21-18-15-12-9-6-3/h17,20,26,28-32,56-58,62-63H,4-16,18-19,21-25,27,33-55H2,1-3H3,(H,61,64)/b20-17-,29-28+,31-26-,32-30+. The fraction of sp³-hybridized carbons (Fsp3) is 0.833. The molecule has 0 saturated heterocycles. The maximum Gasteiger partial charge on any atom is 0.306 e. The zero-order chi connectivity index (χ0) is 48.1. The summed E-state index contributed by atoms with van der Waals surface area (Å²) in [6.07, 6.45) is 66.0. The van der Waals surface area contributed by atoms with Gasteiger partial charge in [-0.25, -0.2) is 0 Å². The second kappa shape index (κ2) is 53.8. The summed E-state index contributed by atoms with van der Waals surface area (Å²) in [7, 11) is 0. The number of hydrogen-bond donors (Lipinski definition) is 3. The van der Waals surface area contributed by atoms with E-state index in [0.717, 1.165) is 83.5 Å². The molecule has 0 aliphatic rings. The van der Waals surface area contributed by atoms with Gasteiger partial charge in [0.05, 0.1) is 25.2 Å². The van der Waals surface area contributed by atoms with E-state index in [-0.39, 0.29) is 24.9 Å². The van der Waals surface area contributed by atoms with Crippen LogP contribution in [0.4, 0.5) is 0 Å². The zero-order valence-corrected chi connectivity index (χ0v) is 44.1. The molecule has 0 rings (SSSR count). The van der Waals surface area contributed by atoms with Crippen molar-refractivity contribution in [3.63, 3.8) is 0 Å². The summed E-state index contributed by atoms with van der Waals surface area (Å²) < 4.78 is 5.95. The first-order chi connectivity index (χ1) is 32.5. The number of ether oxygens (including phenoxy) is 1. The van der Waals surface area contributed by atoms with E-state index < -0.39 is 18.2 Å². The highest BCUT2D eigenvalue weighted by Crippen LogP contribution is 2.18. The van der Waals surface area contributed by atoms with E-state index in [1.54, 1.807) is 0 Å². The number of hydrogen-bond acceptors (Lipinski definition) is 5. The summed E-state index contributed by atoms with van der Waals surface area (Å²) in [5.41, 5.74) is 0. The summed E-state index contributed by atoms with van der Waals surface area (Å²) in [5.74, 6) is -0.495. The maximum atomic E-state index is 13.3. The first kappa shape index (κ1) is 63.8. The second-order valence-corrected chi connectivity index (χ2v) is 19.7. The van der Waals surface area contributed by atoms with Crippen molar-refractivity contribution in [3.05, 3.63) is 48.6 Å². The van der Waals surface area contributed by atoms with Gasteiger partial charge in [-0.1, -0.05) is 249 Å². The average Bonchev–Trinajstić information content (AvgIpc) is 3.31. The highest BCUT2D eigenvalue weighted by molar-refractivity contribution is 5.77.